The molecule has 0 spiro atoms. The summed E-state index contributed by atoms with van der Waals surface area (Å²) >= 11 is 1.28. The molecule has 0 bridgehead atoms. The van der Waals surface area contributed by atoms with Crippen LogP contribution in [0, 0.1) is 6.92 Å². The van der Waals surface area contributed by atoms with Gasteiger partial charge in [0.2, 0.25) is 0 Å². The van der Waals surface area contributed by atoms with Gasteiger partial charge >= 0.3 is 6.18 Å². The summed E-state index contributed by atoms with van der Waals surface area (Å²) in [5.41, 5.74) is 1.28. The minimum atomic E-state index is -4.18. The molecule has 0 aliphatic heterocycles. The fraction of sp³-hybridized carbons (Fsp3) is 0.455. The number of alkyl halides is 3. The predicted octanol–water partition coefficient (Wildman–Crippen LogP) is 3.11. The Morgan fingerprint density at radius 1 is 1.44 bits per heavy atom. The highest BCUT2D eigenvalue weighted by molar-refractivity contribution is 7.17. The molecule has 0 radical (unpaired) electrons. The Balaban J connectivity index is 2.20. The van der Waals surface area contributed by atoms with Crippen LogP contribution in [0.25, 0.3) is 10.2 Å². The molecule has 0 aromatic carbocycles. The van der Waals surface area contributed by atoms with E-state index in [1.165, 1.54) is 22.2 Å². The lowest BCUT2D eigenvalue weighted by Gasteiger charge is -2.07. The Bertz CT molecular complexity index is 615. The maximum atomic E-state index is 12.0. The van der Waals surface area contributed by atoms with Crippen molar-refractivity contribution in [2.45, 2.75) is 32.5 Å². The van der Waals surface area contributed by atoms with Gasteiger partial charge in [-0.2, -0.15) is 13.2 Å². The normalized spacial score (nSPS) is 12.2. The zero-order valence-electron chi connectivity index (χ0n) is 9.62. The fourth-order valence-electron chi connectivity index (χ4n) is 1.67. The molecule has 0 atom stereocenters. The fourth-order valence-corrected chi connectivity index (χ4v) is 2.62. The van der Waals surface area contributed by atoms with Crippen molar-refractivity contribution in [2.24, 2.45) is 0 Å². The van der Waals surface area contributed by atoms with Crippen LogP contribution in [0.1, 0.15) is 18.4 Å². The third-order valence-electron chi connectivity index (χ3n) is 2.58. The zero-order chi connectivity index (χ0) is 13.3. The lowest BCUT2D eigenvalue weighted by molar-refractivity contribution is -0.135. The summed E-state index contributed by atoms with van der Waals surface area (Å²) in [7, 11) is 0. The summed E-state index contributed by atoms with van der Waals surface area (Å²) in [4.78, 5) is 16.1. The van der Waals surface area contributed by atoms with Crippen LogP contribution >= 0.6 is 11.3 Å². The quantitative estimate of drug-likeness (QED) is 0.863. The summed E-state index contributed by atoms with van der Waals surface area (Å²) in [5.74, 6) is 0. The van der Waals surface area contributed by atoms with Gasteiger partial charge in [0, 0.05) is 13.0 Å². The summed E-state index contributed by atoms with van der Waals surface area (Å²) in [5, 5.41) is 1.82. The first-order chi connectivity index (χ1) is 8.38. The van der Waals surface area contributed by atoms with Crippen molar-refractivity contribution in [2.75, 3.05) is 0 Å². The first-order valence-electron chi connectivity index (χ1n) is 5.38. The van der Waals surface area contributed by atoms with Gasteiger partial charge in [0.25, 0.3) is 5.56 Å². The topological polar surface area (TPSA) is 34.9 Å². The molecule has 0 saturated carbocycles. The van der Waals surface area contributed by atoms with Crippen molar-refractivity contribution < 1.29 is 13.2 Å². The van der Waals surface area contributed by atoms with E-state index < -0.39 is 12.6 Å². The summed E-state index contributed by atoms with van der Waals surface area (Å²) < 4.78 is 37.8. The first kappa shape index (κ1) is 13.1. The van der Waals surface area contributed by atoms with E-state index in [1.54, 1.807) is 0 Å². The van der Waals surface area contributed by atoms with Crippen molar-refractivity contribution in [3.63, 3.8) is 0 Å². The van der Waals surface area contributed by atoms with E-state index in [1.807, 2.05) is 12.3 Å². The average Bonchev–Trinajstić information content (AvgIpc) is 2.63. The second-order valence-electron chi connectivity index (χ2n) is 4.06. The van der Waals surface area contributed by atoms with Crippen LogP contribution in [0.3, 0.4) is 0 Å². The van der Waals surface area contributed by atoms with E-state index in [9.17, 15) is 18.0 Å². The number of hydrogen-bond acceptors (Lipinski definition) is 3. The molecule has 0 aliphatic carbocycles. The SMILES string of the molecule is Cc1csc2c(=O)n(CCCC(F)(F)F)cnc12. The van der Waals surface area contributed by atoms with Gasteiger partial charge in [-0.05, 0) is 24.3 Å². The second-order valence-corrected chi connectivity index (χ2v) is 4.94. The smallest absolute Gasteiger partial charge is 0.298 e. The molecular formula is C11H11F3N2OS. The molecule has 7 heteroatoms. The lowest BCUT2D eigenvalue weighted by atomic mass is 10.3. The number of rotatable bonds is 3. The number of aryl methyl sites for hydroxylation is 2. The van der Waals surface area contributed by atoms with E-state index in [0.29, 0.717) is 10.2 Å². The molecule has 0 saturated heterocycles. The van der Waals surface area contributed by atoms with Crippen LogP contribution in [-0.2, 0) is 6.54 Å². The zero-order valence-corrected chi connectivity index (χ0v) is 10.4. The van der Waals surface area contributed by atoms with Gasteiger partial charge in [0.05, 0.1) is 11.8 Å². The van der Waals surface area contributed by atoms with E-state index in [4.69, 9.17) is 0 Å². The number of hydrogen-bond donors (Lipinski definition) is 0. The number of aromatic nitrogens is 2. The largest absolute Gasteiger partial charge is 0.389 e. The highest BCUT2D eigenvalue weighted by atomic mass is 32.1. The van der Waals surface area contributed by atoms with Gasteiger partial charge in [-0.15, -0.1) is 11.3 Å². The lowest BCUT2D eigenvalue weighted by Crippen LogP contribution is -2.21. The average molecular weight is 276 g/mol. The number of fused-ring (bicyclic) bond motifs is 1. The Morgan fingerprint density at radius 3 is 2.83 bits per heavy atom. The van der Waals surface area contributed by atoms with Gasteiger partial charge in [0.15, 0.2) is 0 Å². The maximum Gasteiger partial charge on any atom is 0.389 e. The molecule has 3 nitrogen and oxygen atoms in total. The van der Waals surface area contributed by atoms with E-state index in [-0.39, 0.29) is 18.5 Å². The van der Waals surface area contributed by atoms with Crippen molar-refractivity contribution in [3.8, 4) is 0 Å². The molecule has 0 unspecified atom stereocenters. The van der Waals surface area contributed by atoms with Gasteiger partial charge in [-0.3, -0.25) is 9.36 Å². The molecule has 0 amide bonds. The van der Waals surface area contributed by atoms with Gasteiger partial charge in [-0.25, -0.2) is 4.98 Å². The predicted molar refractivity (Wildman–Crippen MR) is 63.9 cm³/mol. The van der Waals surface area contributed by atoms with Crippen LogP contribution in [0.2, 0.25) is 0 Å². The highest BCUT2D eigenvalue weighted by Gasteiger charge is 2.26. The molecule has 2 aromatic rings. The van der Waals surface area contributed by atoms with Gasteiger partial charge in [-0.1, -0.05) is 0 Å². The third kappa shape index (κ3) is 2.72. The van der Waals surface area contributed by atoms with E-state index in [0.717, 1.165) is 5.56 Å². The van der Waals surface area contributed by atoms with E-state index >= 15 is 0 Å². The van der Waals surface area contributed by atoms with Crippen molar-refractivity contribution in [1.82, 2.24) is 9.55 Å². The minimum absolute atomic E-state index is 0.0399. The second kappa shape index (κ2) is 4.72. The van der Waals surface area contributed by atoms with Crippen molar-refractivity contribution >= 4 is 21.6 Å². The van der Waals surface area contributed by atoms with Gasteiger partial charge in [0.1, 0.15) is 4.70 Å². The van der Waals surface area contributed by atoms with Crippen LogP contribution in [-0.4, -0.2) is 15.7 Å². The van der Waals surface area contributed by atoms with Crippen LogP contribution in [0.15, 0.2) is 16.5 Å². The minimum Gasteiger partial charge on any atom is -0.298 e. The molecule has 0 N–H and O–H groups in total. The van der Waals surface area contributed by atoms with Crippen LogP contribution in [0.4, 0.5) is 13.2 Å². The monoisotopic (exact) mass is 276 g/mol. The van der Waals surface area contributed by atoms with Crippen LogP contribution < -0.4 is 5.56 Å². The first-order valence-corrected chi connectivity index (χ1v) is 6.26. The van der Waals surface area contributed by atoms with Gasteiger partial charge < -0.3 is 0 Å². The number of nitrogens with zero attached hydrogens (tertiary/aromatic N) is 2. The van der Waals surface area contributed by atoms with Crippen molar-refractivity contribution in [1.29, 1.82) is 0 Å². The summed E-state index contributed by atoms with van der Waals surface area (Å²) in [6.45, 7) is 1.89. The number of thiophene rings is 1. The Morgan fingerprint density at radius 2 is 2.17 bits per heavy atom. The molecular weight excluding hydrogens is 265 g/mol. The molecule has 0 aliphatic rings. The van der Waals surface area contributed by atoms with Crippen LogP contribution in [0.5, 0.6) is 0 Å². The Hall–Kier alpha value is -1.37. The summed E-state index contributed by atoms with van der Waals surface area (Å²) in [6, 6.07) is 0. The molecule has 18 heavy (non-hydrogen) atoms. The van der Waals surface area contributed by atoms with E-state index in [2.05, 4.69) is 4.98 Å². The number of halogens is 3. The molecule has 2 aromatic heterocycles. The maximum absolute atomic E-state index is 12.0. The standard InChI is InChI=1S/C11H11F3N2OS/c1-7-5-18-9-8(7)15-6-16(10(9)17)4-2-3-11(12,13)14/h5-6H,2-4H2,1H3. The Labute approximate surface area is 105 Å². The molecule has 0 fully saturated rings. The molecule has 2 heterocycles. The molecule has 2 rings (SSSR count). The summed E-state index contributed by atoms with van der Waals surface area (Å²) in [6.07, 6.45) is -3.86. The highest BCUT2D eigenvalue weighted by Crippen LogP contribution is 2.22. The molecule has 98 valence electrons. The third-order valence-corrected chi connectivity index (χ3v) is 3.66. The Kier molecular flexibility index (Phi) is 3.43. The van der Waals surface area contributed by atoms with Crippen molar-refractivity contribution in [3.05, 3.63) is 27.6 Å².